The average molecular weight is 378 g/mol. The normalized spacial score (nSPS) is 12.3. The van der Waals surface area contributed by atoms with Crippen LogP contribution in [0.3, 0.4) is 0 Å². The summed E-state index contributed by atoms with van der Waals surface area (Å²) in [6, 6.07) is 4.25. The van der Waals surface area contributed by atoms with Gasteiger partial charge in [0.1, 0.15) is 5.69 Å². The predicted molar refractivity (Wildman–Crippen MR) is 81.0 cm³/mol. The van der Waals surface area contributed by atoms with Gasteiger partial charge in [0.25, 0.3) is 0 Å². The first-order valence-electron chi connectivity index (χ1n) is 6.10. The third-order valence-corrected chi connectivity index (χ3v) is 3.95. The highest BCUT2D eigenvalue weighted by molar-refractivity contribution is 9.10. The summed E-state index contributed by atoms with van der Waals surface area (Å²) in [5.74, 6) is -1.48. The molecule has 1 atom stereocenters. The van der Waals surface area contributed by atoms with Crippen molar-refractivity contribution < 1.29 is 19.4 Å². The number of nitrogens with zero attached hydrogens (tertiary/aromatic N) is 2. The van der Waals surface area contributed by atoms with E-state index in [-0.39, 0.29) is 12.8 Å². The smallest absolute Gasteiger partial charge is 0.332 e. The molecule has 1 aromatic rings. The number of rotatable bonds is 7. The molecule has 0 saturated carbocycles. The maximum atomic E-state index is 11.6. The Kier molecular flexibility index (Phi) is 7.31. The molecule has 8 heteroatoms. The zero-order valence-electron chi connectivity index (χ0n) is 11.3. The Labute approximate surface area is 135 Å². The van der Waals surface area contributed by atoms with Gasteiger partial charge in [0.15, 0.2) is 6.04 Å². The Morgan fingerprint density at radius 1 is 1.48 bits per heavy atom. The molecule has 0 heterocycles. The molecule has 0 aliphatic carbocycles. The number of carbonyl (C=O) groups is 2. The van der Waals surface area contributed by atoms with Gasteiger partial charge in [0.05, 0.1) is 16.6 Å². The molecule has 0 aromatic heterocycles. The van der Waals surface area contributed by atoms with Crippen LogP contribution in [0.2, 0.25) is 5.02 Å². The summed E-state index contributed by atoms with van der Waals surface area (Å²) in [4.78, 5) is 22.1. The molecule has 21 heavy (non-hydrogen) atoms. The SMILES string of the molecule is COC(=O)C(CCCC(=O)O)/N=N/c1cccc(Cl)c1Br. The number of carbonyl (C=O) groups excluding carboxylic acids is 1. The molecule has 1 unspecified atom stereocenters. The second-order valence-electron chi connectivity index (χ2n) is 4.11. The quantitative estimate of drug-likeness (QED) is 0.575. The summed E-state index contributed by atoms with van der Waals surface area (Å²) < 4.78 is 5.21. The number of hydrogen-bond donors (Lipinski definition) is 1. The van der Waals surface area contributed by atoms with E-state index in [1.807, 2.05) is 0 Å². The third-order valence-electron chi connectivity index (χ3n) is 2.58. The second-order valence-corrected chi connectivity index (χ2v) is 5.31. The van der Waals surface area contributed by atoms with Gasteiger partial charge in [-0.3, -0.25) is 4.79 Å². The molecule has 0 fully saturated rings. The topological polar surface area (TPSA) is 88.3 Å². The van der Waals surface area contributed by atoms with Crippen molar-refractivity contribution in [2.24, 2.45) is 10.2 Å². The van der Waals surface area contributed by atoms with Crippen LogP contribution < -0.4 is 0 Å². The van der Waals surface area contributed by atoms with Crippen molar-refractivity contribution in [1.82, 2.24) is 0 Å². The van der Waals surface area contributed by atoms with Crippen molar-refractivity contribution >= 4 is 45.2 Å². The number of esters is 1. The minimum absolute atomic E-state index is 0.0378. The molecule has 0 radical (unpaired) electrons. The highest BCUT2D eigenvalue weighted by Crippen LogP contribution is 2.32. The predicted octanol–water partition coefficient (Wildman–Crippen LogP) is 3.98. The lowest BCUT2D eigenvalue weighted by Gasteiger charge is -2.08. The Morgan fingerprint density at radius 3 is 2.81 bits per heavy atom. The van der Waals surface area contributed by atoms with Crippen molar-refractivity contribution in [3.8, 4) is 0 Å². The molecule has 6 nitrogen and oxygen atoms in total. The third kappa shape index (κ3) is 5.81. The summed E-state index contributed by atoms with van der Waals surface area (Å²) in [6.45, 7) is 0. The van der Waals surface area contributed by atoms with Crippen LogP contribution >= 0.6 is 27.5 Å². The Morgan fingerprint density at radius 2 is 2.19 bits per heavy atom. The molecular weight excluding hydrogens is 364 g/mol. The molecule has 114 valence electrons. The van der Waals surface area contributed by atoms with Crippen LogP contribution in [0.25, 0.3) is 0 Å². The lowest BCUT2D eigenvalue weighted by Crippen LogP contribution is -2.20. The highest BCUT2D eigenvalue weighted by Gasteiger charge is 2.19. The van der Waals surface area contributed by atoms with E-state index in [1.165, 1.54) is 7.11 Å². The molecule has 1 aromatic carbocycles. The molecule has 0 aliphatic heterocycles. The summed E-state index contributed by atoms with van der Waals surface area (Å²) in [5, 5.41) is 17.0. The van der Waals surface area contributed by atoms with E-state index in [0.717, 1.165) is 0 Å². The van der Waals surface area contributed by atoms with Gasteiger partial charge in [-0.05, 0) is 40.9 Å². The van der Waals surface area contributed by atoms with Gasteiger partial charge in [0.2, 0.25) is 0 Å². The number of aliphatic carboxylic acids is 1. The molecule has 0 spiro atoms. The minimum Gasteiger partial charge on any atom is -0.481 e. The molecule has 0 amide bonds. The number of azo groups is 1. The number of methoxy groups -OCH3 is 1. The molecule has 1 rings (SSSR count). The van der Waals surface area contributed by atoms with E-state index in [9.17, 15) is 9.59 Å². The molecular formula is C13H14BrClN2O4. The van der Waals surface area contributed by atoms with Crippen molar-refractivity contribution in [3.63, 3.8) is 0 Å². The largest absolute Gasteiger partial charge is 0.481 e. The lowest BCUT2D eigenvalue weighted by atomic mass is 10.1. The van der Waals surface area contributed by atoms with Crippen molar-refractivity contribution in [2.75, 3.05) is 7.11 Å². The van der Waals surface area contributed by atoms with Crippen LogP contribution in [0.1, 0.15) is 19.3 Å². The van der Waals surface area contributed by atoms with Gasteiger partial charge in [-0.1, -0.05) is 17.7 Å². The van der Waals surface area contributed by atoms with Crippen LogP contribution in [0.5, 0.6) is 0 Å². The summed E-state index contributed by atoms with van der Waals surface area (Å²) in [6.07, 6.45) is 0.523. The summed E-state index contributed by atoms with van der Waals surface area (Å²) >= 11 is 9.21. The van der Waals surface area contributed by atoms with Gasteiger partial charge in [-0.2, -0.15) is 10.2 Å². The lowest BCUT2D eigenvalue weighted by molar-refractivity contribution is -0.143. The fourth-order valence-corrected chi connectivity index (χ4v) is 2.02. The number of halogens is 2. The minimum atomic E-state index is -0.923. The Bertz CT molecular complexity index is 551. The van der Waals surface area contributed by atoms with Crippen LogP contribution in [-0.2, 0) is 14.3 Å². The zero-order valence-corrected chi connectivity index (χ0v) is 13.6. The number of carboxylic acid groups (broad SMARTS) is 1. The van der Waals surface area contributed by atoms with E-state index in [0.29, 0.717) is 21.6 Å². The fraction of sp³-hybridized carbons (Fsp3) is 0.385. The second kappa shape index (κ2) is 8.74. The standard InChI is InChI=1S/C13H14BrClN2O4/c1-21-13(20)10(6-3-7-11(18)19)17-16-9-5-2-4-8(15)12(9)14/h2,4-5,10H,3,6-7H2,1H3,(H,18,19)/b17-16+. The van der Waals surface area contributed by atoms with Crippen molar-refractivity contribution in [2.45, 2.75) is 25.3 Å². The maximum absolute atomic E-state index is 11.6. The van der Waals surface area contributed by atoms with Crippen molar-refractivity contribution in [1.29, 1.82) is 0 Å². The monoisotopic (exact) mass is 376 g/mol. The van der Waals surface area contributed by atoms with E-state index in [4.69, 9.17) is 16.7 Å². The average Bonchev–Trinajstić information content (AvgIpc) is 2.45. The Balaban J connectivity index is 2.80. The van der Waals surface area contributed by atoms with Gasteiger partial charge >= 0.3 is 11.9 Å². The van der Waals surface area contributed by atoms with E-state index >= 15 is 0 Å². The molecule has 0 bridgehead atoms. The van der Waals surface area contributed by atoms with Crippen molar-refractivity contribution in [3.05, 3.63) is 27.7 Å². The van der Waals surface area contributed by atoms with Gasteiger partial charge in [0, 0.05) is 6.42 Å². The first kappa shape index (κ1) is 17.6. The van der Waals surface area contributed by atoms with Crippen LogP contribution in [0.15, 0.2) is 32.9 Å². The number of ether oxygens (including phenoxy) is 1. The van der Waals surface area contributed by atoms with E-state index < -0.39 is 18.0 Å². The van der Waals surface area contributed by atoms with Gasteiger partial charge < -0.3 is 9.84 Å². The van der Waals surface area contributed by atoms with Crippen LogP contribution in [0, 0.1) is 0 Å². The molecule has 0 saturated heterocycles. The van der Waals surface area contributed by atoms with Crippen LogP contribution in [0.4, 0.5) is 5.69 Å². The van der Waals surface area contributed by atoms with Gasteiger partial charge in [-0.25, -0.2) is 4.79 Å². The van der Waals surface area contributed by atoms with Crippen LogP contribution in [-0.4, -0.2) is 30.2 Å². The molecule has 0 aliphatic rings. The number of carboxylic acids is 1. The van der Waals surface area contributed by atoms with E-state index in [2.05, 4.69) is 30.9 Å². The maximum Gasteiger partial charge on any atom is 0.332 e. The highest BCUT2D eigenvalue weighted by atomic mass is 79.9. The number of benzene rings is 1. The fourth-order valence-electron chi connectivity index (χ4n) is 1.51. The zero-order chi connectivity index (χ0) is 15.8. The summed E-state index contributed by atoms with van der Waals surface area (Å²) in [5.41, 5.74) is 0.481. The van der Waals surface area contributed by atoms with Gasteiger partial charge in [-0.15, -0.1) is 0 Å². The molecule has 1 N–H and O–H groups in total. The first-order valence-corrected chi connectivity index (χ1v) is 7.27. The Hall–Kier alpha value is -1.47. The van der Waals surface area contributed by atoms with E-state index in [1.54, 1.807) is 18.2 Å². The number of hydrogen-bond acceptors (Lipinski definition) is 5. The summed E-state index contributed by atoms with van der Waals surface area (Å²) in [7, 11) is 1.25. The first-order chi connectivity index (χ1) is 9.95.